The molecule has 2 N–H and O–H groups in total. The quantitative estimate of drug-likeness (QED) is 0.310. The number of benzene rings is 2. The molecule has 0 aliphatic carbocycles. The second-order valence-electron chi connectivity index (χ2n) is 6.99. The predicted octanol–water partition coefficient (Wildman–Crippen LogP) is 4.56. The fourth-order valence-corrected chi connectivity index (χ4v) is 3.66. The second kappa shape index (κ2) is 10.3. The van der Waals surface area contributed by atoms with Gasteiger partial charge in [0.15, 0.2) is 0 Å². The first-order chi connectivity index (χ1) is 14.8. The van der Waals surface area contributed by atoms with Crippen molar-refractivity contribution in [3.05, 3.63) is 87.2 Å². The van der Waals surface area contributed by atoms with Crippen molar-refractivity contribution in [3.8, 4) is 5.69 Å². The van der Waals surface area contributed by atoms with Crippen LogP contribution in [0.5, 0.6) is 0 Å². The molecule has 6 nitrogen and oxygen atoms in total. The Morgan fingerprint density at radius 1 is 1.03 bits per heavy atom. The summed E-state index contributed by atoms with van der Waals surface area (Å²) in [4.78, 5) is 23.9. The van der Waals surface area contributed by atoms with Gasteiger partial charge in [-0.15, -0.1) is 0 Å². The second-order valence-corrected chi connectivity index (χ2v) is 7.83. The Balaban J connectivity index is 1.58. The Hall–Kier alpha value is -3.09. The minimum absolute atomic E-state index is 0.302. The van der Waals surface area contributed by atoms with Crippen molar-refractivity contribution >= 4 is 41.2 Å². The van der Waals surface area contributed by atoms with Gasteiger partial charge in [-0.25, -0.2) is 5.43 Å². The summed E-state index contributed by atoms with van der Waals surface area (Å²) in [5.41, 5.74) is 6.83. The molecule has 0 spiro atoms. The summed E-state index contributed by atoms with van der Waals surface area (Å²) in [7, 11) is 0. The minimum Gasteiger partial charge on any atom is -0.352 e. The lowest BCUT2D eigenvalue weighted by atomic mass is 10.2. The van der Waals surface area contributed by atoms with Crippen molar-refractivity contribution in [2.45, 2.75) is 26.8 Å². The number of nitrogens with zero attached hydrogens (tertiary/aromatic N) is 2. The van der Waals surface area contributed by atoms with E-state index >= 15 is 0 Å². The lowest BCUT2D eigenvalue weighted by molar-refractivity contribution is -0.129. The summed E-state index contributed by atoms with van der Waals surface area (Å²) in [5, 5.41) is 7.79. The summed E-state index contributed by atoms with van der Waals surface area (Å²) in [6, 6.07) is 16.7. The number of halogens is 2. The van der Waals surface area contributed by atoms with Gasteiger partial charge >= 0.3 is 0 Å². The van der Waals surface area contributed by atoms with Gasteiger partial charge < -0.3 is 9.88 Å². The van der Waals surface area contributed by atoms with Crippen LogP contribution in [0.25, 0.3) is 5.69 Å². The average molecular weight is 457 g/mol. The number of carbonyl (C=O) groups is 2. The number of hydrogen-bond donors (Lipinski definition) is 2. The van der Waals surface area contributed by atoms with Crippen LogP contribution in [0.4, 0.5) is 0 Å². The molecule has 3 aromatic rings. The Morgan fingerprint density at radius 3 is 2.48 bits per heavy atom. The van der Waals surface area contributed by atoms with Gasteiger partial charge in [0.05, 0.1) is 16.9 Å². The molecule has 0 aliphatic heterocycles. The Kier molecular flexibility index (Phi) is 7.50. The van der Waals surface area contributed by atoms with Gasteiger partial charge in [-0.05, 0) is 43.7 Å². The van der Waals surface area contributed by atoms with E-state index in [1.807, 2.05) is 60.9 Å². The summed E-state index contributed by atoms with van der Waals surface area (Å²) in [6.07, 6.45) is 1.24. The number of rotatable bonds is 7. The first-order valence-corrected chi connectivity index (χ1v) is 10.4. The zero-order valence-electron chi connectivity index (χ0n) is 17.2. The Labute approximate surface area is 190 Å². The fraction of sp³-hybridized carbons (Fsp3) is 0.174. The van der Waals surface area contributed by atoms with E-state index in [4.69, 9.17) is 23.2 Å². The molecule has 0 radical (unpaired) electrons. The maximum Gasteiger partial charge on any atom is 0.249 e. The third kappa shape index (κ3) is 5.96. The summed E-state index contributed by atoms with van der Waals surface area (Å²) < 4.78 is 1.98. The third-order valence-corrected chi connectivity index (χ3v) is 5.21. The molecule has 160 valence electrons. The highest BCUT2D eigenvalue weighted by Gasteiger charge is 2.13. The van der Waals surface area contributed by atoms with Crippen LogP contribution in [0.3, 0.4) is 0 Å². The molecule has 3 rings (SSSR count). The SMILES string of the molecule is Cc1cc(/C=N/NC(=O)CC(=O)NCc2ccccc2)c(C)n1-c1ccc(Cl)cc1Cl. The zero-order chi connectivity index (χ0) is 22.4. The highest BCUT2D eigenvalue weighted by atomic mass is 35.5. The maximum absolute atomic E-state index is 12.0. The van der Waals surface area contributed by atoms with E-state index in [9.17, 15) is 9.59 Å². The van der Waals surface area contributed by atoms with Crippen LogP contribution < -0.4 is 10.7 Å². The molecular weight excluding hydrogens is 435 g/mol. The Bertz CT molecular complexity index is 1120. The van der Waals surface area contributed by atoms with Crippen LogP contribution in [0.1, 0.15) is 28.9 Å². The van der Waals surface area contributed by atoms with E-state index in [1.165, 1.54) is 0 Å². The van der Waals surface area contributed by atoms with Crippen LogP contribution in [0.15, 0.2) is 59.7 Å². The van der Waals surface area contributed by atoms with E-state index in [0.717, 1.165) is 28.2 Å². The largest absolute Gasteiger partial charge is 0.352 e. The Morgan fingerprint density at radius 2 is 1.77 bits per heavy atom. The van der Waals surface area contributed by atoms with Crippen molar-refractivity contribution in [1.29, 1.82) is 0 Å². The van der Waals surface area contributed by atoms with Gasteiger partial charge in [0, 0.05) is 28.5 Å². The highest BCUT2D eigenvalue weighted by molar-refractivity contribution is 6.35. The number of nitrogens with one attached hydrogen (secondary N) is 2. The van der Waals surface area contributed by atoms with Crippen LogP contribution in [0.2, 0.25) is 10.0 Å². The van der Waals surface area contributed by atoms with Gasteiger partial charge in [0.2, 0.25) is 11.8 Å². The molecule has 0 aliphatic rings. The van der Waals surface area contributed by atoms with Gasteiger partial charge in [-0.2, -0.15) is 5.10 Å². The van der Waals surface area contributed by atoms with Crippen LogP contribution in [0, 0.1) is 13.8 Å². The number of hydrogen-bond acceptors (Lipinski definition) is 3. The molecule has 1 heterocycles. The van der Waals surface area contributed by atoms with Crippen molar-refractivity contribution in [1.82, 2.24) is 15.3 Å². The molecule has 2 aromatic carbocycles. The molecule has 1 aromatic heterocycles. The normalized spacial score (nSPS) is 11.0. The fourth-order valence-electron chi connectivity index (χ4n) is 3.17. The third-order valence-electron chi connectivity index (χ3n) is 4.67. The van der Waals surface area contributed by atoms with E-state index in [2.05, 4.69) is 15.8 Å². The molecule has 0 saturated heterocycles. The van der Waals surface area contributed by atoms with Crippen molar-refractivity contribution < 1.29 is 9.59 Å². The molecule has 8 heteroatoms. The molecule has 0 atom stereocenters. The smallest absolute Gasteiger partial charge is 0.249 e. The summed E-state index contributed by atoms with van der Waals surface area (Å²) >= 11 is 12.3. The van der Waals surface area contributed by atoms with Crippen molar-refractivity contribution in [2.75, 3.05) is 0 Å². The number of hydrazone groups is 1. The van der Waals surface area contributed by atoms with Gasteiger partial charge in [0.1, 0.15) is 6.42 Å². The van der Waals surface area contributed by atoms with E-state index in [1.54, 1.807) is 18.3 Å². The van der Waals surface area contributed by atoms with E-state index in [0.29, 0.717) is 16.6 Å². The van der Waals surface area contributed by atoms with Crippen LogP contribution in [-0.2, 0) is 16.1 Å². The predicted molar refractivity (Wildman–Crippen MR) is 124 cm³/mol. The maximum atomic E-state index is 12.0. The molecule has 0 saturated carbocycles. The zero-order valence-corrected chi connectivity index (χ0v) is 18.7. The van der Waals surface area contributed by atoms with E-state index in [-0.39, 0.29) is 12.3 Å². The van der Waals surface area contributed by atoms with Gasteiger partial charge in [-0.3, -0.25) is 9.59 Å². The molecule has 0 fully saturated rings. The molecule has 31 heavy (non-hydrogen) atoms. The molecule has 2 amide bonds. The number of amides is 2. The average Bonchev–Trinajstić information content (AvgIpc) is 3.01. The van der Waals surface area contributed by atoms with Crippen LogP contribution >= 0.6 is 23.2 Å². The topological polar surface area (TPSA) is 75.5 Å². The van der Waals surface area contributed by atoms with Gasteiger partial charge in [0.25, 0.3) is 0 Å². The standard InChI is InChI=1S/C23H22Cl2N4O2/c1-15-10-18(16(2)29(15)21-9-8-19(24)11-20(21)25)14-27-28-23(31)12-22(30)26-13-17-6-4-3-5-7-17/h3-11,14H,12-13H2,1-2H3,(H,26,30)(H,28,31)/b27-14+. The van der Waals surface area contributed by atoms with Crippen molar-refractivity contribution in [2.24, 2.45) is 5.10 Å². The first-order valence-electron chi connectivity index (χ1n) is 9.62. The van der Waals surface area contributed by atoms with Gasteiger partial charge in [-0.1, -0.05) is 53.5 Å². The number of carbonyl (C=O) groups excluding carboxylic acids is 2. The molecule has 0 bridgehead atoms. The molecular formula is C23H22Cl2N4O2. The lowest BCUT2D eigenvalue weighted by Crippen LogP contribution is -2.29. The van der Waals surface area contributed by atoms with E-state index < -0.39 is 5.91 Å². The highest BCUT2D eigenvalue weighted by Crippen LogP contribution is 2.28. The first kappa shape index (κ1) is 22.6. The monoisotopic (exact) mass is 456 g/mol. The summed E-state index contributed by atoms with van der Waals surface area (Å²) in [6.45, 7) is 4.25. The molecule has 0 unspecified atom stereocenters. The number of aromatic nitrogens is 1. The summed E-state index contributed by atoms with van der Waals surface area (Å²) in [5.74, 6) is -0.858. The minimum atomic E-state index is -0.489. The van der Waals surface area contributed by atoms with Crippen molar-refractivity contribution in [3.63, 3.8) is 0 Å². The van der Waals surface area contributed by atoms with Crippen LogP contribution in [-0.4, -0.2) is 22.6 Å². The lowest BCUT2D eigenvalue weighted by Gasteiger charge is -2.11. The number of aryl methyl sites for hydroxylation is 1.